The van der Waals surface area contributed by atoms with E-state index in [0.717, 1.165) is 42.9 Å². The van der Waals surface area contributed by atoms with Crippen LogP contribution in [0.4, 0.5) is 0 Å². The Morgan fingerprint density at radius 2 is 1.93 bits per heavy atom. The molecule has 78 valence electrons. The second-order valence-electron chi connectivity index (χ2n) is 4.07. The minimum Gasteiger partial charge on any atom is -0.441 e. The summed E-state index contributed by atoms with van der Waals surface area (Å²) in [6.07, 6.45) is 2.18. The fraction of sp³-hybridized carbons (Fsp3) is 0.417. The quantitative estimate of drug-likeness (QED) is 0.708. The molecule has 3 rings (SSSR count). The number of hydrogen-bond donors (Lipinski definition) is 1. The Morgan fingerprint density at radius 1 is 1.20 bits per heavy atom. The van der Waals surface area contributed by atoms with Crippen LogP contribution in [0.2, 0.25) is 0 Å². The second kappa shape index (κ2) is 3.35. The van der Waals surface area contributed by atoms with Crippen LogP contribution < -0.4 is 5.32 Å². The van der Waals surface area contributed by atoms with Gasteiger partial charge in [0.25, 0.3) is 0 Å². The smallest absolute Gasteiger partial charge is 0.192 e. The Bertz CT molecular complexity index is 459. The summed E-state index contributed by atoms with van der Waals surface area (Å²) in [7, 11) is 0. The summed E-state index contributed by atoms with van der Waals surface area (Å²) in [6, 6.07) is 4.33. The number of hydrogen-bond acceptors (Lipinski definition) is 3. The van der Waals surface area contributed by atoms with Gasteiger partial charge in [0.2, 0.25) is 0 Å². The topological polar surface area (TPSA) is 38.1 Å². The minimum atomic E-state index is 0.753. The molecule has 0 saturated carbocycles. The number of oxazole rings is 1. The zero-order chi connectivity index (χ0) is 10.3. The molecule has 0 fully saturated rings. The summed E-state index contributed by atoms with van der Waals surface area (Å²) in [4.78, 5) is 4.36. The van der Waals surface area contributed by atoms with Gasteiger partial charge in [0, 0.05) is 6.92 Å². The van der Waals surface area contributed by atoms with Gasteiger partial charge in [-0.15, -0.1) is 0 Å². The van der Waals surface area contributed by atoms with Crippen LogP contribution in [0.5, 0.6) is 0 Å². The van der Waals surface area contributed by atoms with E-state index in [2.05, 4.69) is 22.4 Å². The largest absolute Gasteiger partial charge is 0.441 e. The lowest BCUT2D eigenvalue weighted by atomic mass is 10.0. The van der Waals surface area contributed by atoms with Crippen LogP contribution in [-0.4, -0.2) is 18.1 Å². The minimum absolute atomic E-state index is 0.753. The third-order valence-electron chi connectivity index (χ3n) is 2.96. The van der Waals surface area contributed by atoms with E-state index in [1.807, 2.05) is 6.92 Å². The summed E-state index contributed by atoms with van der Waals surface area (Å²) in [5.41, 5.74) is 4.74. The first-order valence-corrected chi connectivity index (χ1v) is 5.42. The molecule has 1 aromatic carbocycles. The molecule has 0 radical (unpaired) electrons. The van der Waals surface area contributed by atoms with Crippen molar-refractivity contribution in [2.24, 2.45) is 0 Å². The summed E-state index contributed by atoms with van der Waals surface area (Å²) >= 11 is 0. The third-order valence-corrected chi connectivity index (χ3v) is 2.96. The van der Waals surface area contributed by atoms with Crippen LogP contribution in [0.1, 0.15) is 17.0 Å². The highest BCUT2D eigenvalue weighted by atomic mass is 16.3. The number of nitrogens with one attached hydrogen (secondary N) is 1. The lowest BCUT2D eigenvalue weighted by molar-refractivity contribution is 0.560. The van der Waals surface area contributed by atoms with Gasteiger partial charge in [-0.05, 0) is 49.2 Å². The van der Waals surface area contributed by atoms with E-state index in [1.165, 1.54) is 11.1 Å². The van der Waals surface area contributed by atoms with E-state index in [1.54, 1.807) is 0 Å². The van der Waals surface area contributed by atoms with E-state index in [-0.39, 0.29) is 0 Å². The van der Waals surface area contributed by atoms with Crippen LogP contribution in [0, 0.1) is 6.92 Å². The van der Waals surface area contributed by atoms with Crippen LogP contribution >= 0.6 is 0 Å². The predicted octanol–water partition coefficient (Wildman–Crippen LogP) is 1.82. The molecule has 3 heteroatoms. The molecule has 0 aliphatic carbocycles. The number of aromatic nitrogens is 1. The van der Waals surface area contributed by atoms with Gasteiger partial charge >= 0.3 is 0 Å². The van der Waals surface area contributed by atoms with E-state index in [4.69, 9.17) is 4.42 Å². The van der Waals surface area contributed by atoms with Crippen LogP contribution in [0.25, 0.3) is 11.1 Å². The lowest BCUT2D eigenvalue weighted by Crippen LogP contribution is -2.16. The Kier molecular flexibility index (Phi) is 1.99. The lowest BCUT2D eigenvalue weighted by Gasteiger charge is -2.03. The summed E-state index contributed by atoms with van der Waals surface area (Å²) in [6.45, 7) is 4.02. The van der Waals surface area contributed by atoms with Crippen LogP contribution in [-0.2, 0) is 12.8 Å². The molecule has 0 amide bonds. The zero-order valence-corrected chi connectivity index (χ0v) is 8.84. The molecule has 0 saturated heterocycles. The molecule has 3 nitrogen and oxygen atoms in total. The highest BCUT2D eigenvalue weighted by Gasteiger charge is 2.11. The van der Waals surface area contributed by atoms with Crippen molar-refractivity contribution < 1.29 is 4.42 Å². The van der Waals surface area contributed by atoms with Crippen molar-refractivity contribution in [2.75, 3.05) is 13.1 Å². The SMILES string of the molecule is Cc1nc2cc3c(cc2o1)CCNCC3. The first kappa shape index (κ1) is 8.92. The molecule has 15 heavy (non-hydrogen) atoms. The fourth-order valence-electron chi connectivity index (χ4n) is 2.21. The van der Waals surface area contributed by atoms with Gasteiger partial charge in [-0.1, -0.05) is 0 Å². The summed E-state index contributed by atoms with van der Waals surface area (Å²) < 4.78 is 5.54. The monoisotopic (exact) mass is 202 g/mol. The molecule has 1 aliphatic heterocycles. The first-order valence-electron chi connectivity index (χ1n) is 5.42. The van der Waals surface area contributed by atoms with Crippen LogP contribution in [0.3, 0.4) is 0 Å². The molecule has 2 heterocycles. The van der Waals surface area contributed by atoms with Crippen molar-refractivity contribution in [1.29, 1.82) is 0 Å². The van der Waals surface area contributed by atoms with Gasteiger partial charge in [-0.3, -0.25) is 0 Å². The molecule has 0 atom stereocenters. The Labute approximate surface area is 88.5 Å². The van der Waals surface area contributed by atoms with Gasteiger partial charge in [0.1, 0.15) is 5.52 Å². The van der Waals surface area contributed by atoms with Crippen molar-refractivity contribution in [1.82, 2.24) is 10.3 Å². The second-order valence-corrected chi connectivity index (χ2v) is 4.07. The molecule has 1 aromatic heterocycles. The molecule has 0 unspecified atom stereocenters. The molecule has 2 aromatic rings. The number of aryl methyl sites for hydroxylation is 1. The Morgan fingerprint density at radius 3 is 2.73 bits per heavy atom. The van der Waals surface area contributed by atoms with Gasteiger partial charge in [0.05, 0.1) is 0 Å². The van der Waals surface area contributed by atoms with E-state index < -0.39 is 0 Å². The summed E-state index contributed by atoms with van der Waals surface area (Å²) in [5, 5.41) is 3.40. The van der Waals surface area contributed by atoms with E-state index in [0.29, 0.717) is 0 Å². The van der Waals surface area contributed by atoms with Crippen molar-refractivity contribution in [3.63, 3.8) is 0 Å². The van der Waals surface area contributed by atoms with E-state index in [9.17, 15) is 0 Å². The third kappa shape index (κ3) is 1.53. The van der Waals surface area contributed by atoms with Crippen molar-refractivity contribution in [3.05, 3.63) is 29.2 Å². The zero-order valence-electron chi connectivity index (χ0n) is 8.84. The summed E-state index contributed by atoms with van der Waals surface area (Å²) in [5.74, 6) is 0.753. The fourth-order valence-corrected chi connectivity index (χ4v) is 2.21. The molecule has 0 spiro atoms. The Balaban J connectivity index is 2.19. The average molecular weight is 202 g/mol. The van der Waals surface area contributed by atoms with Gasteiger partial charge < -0.3 is 9.73 Å². The molecule has 0 bridgehead atoms. The van der Waals surface area contributed by atoms with Crippen molar-refractivity contribution in [2.45, 2.75) is 19.8 Å². The number of nitrogens with zero attached hydrogens (tertiary/aromatic N) is 1. The van der Waals surface area contributed by atoms with Crippen molar-refractivity contribution >= 4 is 11.1 Å². The normalized spacial score (nSPS) is 16.3. The molecular formula is C12H14N2O. The maximum Gasteiger partial charge on any atom is 0.192 e. The standard InChI is InChI=1S/C12H14N2O/c1-8-14-11-6-9-2-4-13-5-3-10(9)7-12(11)15-8/h6-7,13H,2-5H2,1H3. The Hall–Kier alpha value is -1.35. The van der Waals surface area contributed by atoms with Gasteiger partial charge in [0.15, 0.2) is 11.5 Å². The maximum atomic E-state index is 5.54. The van der Waals surface area contributed by atoms with Crippen molar-refractivity contribution in [3.8, 4) is 0 Å². The highest BCUT2D eigenvalue weighted by molar-refractivity contribution is 5.75. The maximum absolute atomic E-state index is 5.54. The molecular weight excluding hydrogens is 188 g/mol. The number of rotatable bonds is 0. The predicted molar refractivity (Wildman–Crippen MR) is 59.0 cm³/mol. The average Bonchev–Trinajstić information content (AvgIpc) is 2.44. The molecule has 1 aliphatic rings. The van der Waals surface area contributed by atoms with Crippen LogP contribution in [0.15, 0.2) is 16.5 Å². The first-order chi connectivity index (χ1) is 7.33. The number of benzene rings is 1. The molecule has 1 N–H and O–H groups in total. The van der Waals surface area contributed by atoms with Gasteiger partial charge in [-0.2, -0.15) is 0 Å². The van der Waals surface area contributed by atoms with Gasteiger partial charge in [-0.25, -0.2) is 4.98 Å². The van der Waals surface area contributed by atoms with E-state index >= 15 is 0 Å². The number of fused-ring (bicyclic) bond motifs is 2. The highest BCUT2D eigenvalue weighted by Crippen LogP contribution is 2.22.